The van der Waals surface area contributed by atoms with Gasteiger partial charge in [0.1, 0.15) is 6.04 Å². The van der Waals surface area contributed by atoms with Gasteiger partial charge in [-0.05, 0) is 44.0 Å². The molecule has 1 amide bonds. The summed E-state index contributed by atoms with van der Waals surface area (Å²) in [5.41, 5.74) is 0. The third-order valence-electron chi connectivity index (χ3n) is 3.12. The molecule has 7 nitrogen and oxygen atoms in total. The molecule has 1 rings (SSSR count). The van der Waals surface area contributed by atoms with Gasteiger partial charge in [-0.2, -0.15) is 4.72 Å². The standard InChI is InChI=1S/C15H19ClN2O5S/c1-3-4-5-13(15(20)21)17-14(19)10(2)18-24(22,23)12-8-6-11(16)7-9-12/h3,6-10,13,18H,1,4-5H2,2H3,(H,17,19)(H,20,21). The highest BCUT2D eigenvalue weighted by Gasteiger charge is 2.26. The van der Waals surface area contributed by atoms with E-state index in [0.717, 1.165) is 0 Å². The minimum Gasteiger partial charge on any atom is -0.480 e. The van der Waals surface area contributed by atoms with Crippen LogP contribution in [0.3, 0.4) is 0 Å². The number of carboxylic acid groups (broad SMARTS) is 1. The zero-order valence-corrected chi connectivity index (χ0v) is 14.6. The second kappa shape index (κ2) is 8.81. The Hall–Kier alpha value is -1.90. The van der Waals surface area contributed by atoms with Crippen molar-refractivity contribution >= 4 is 33.5 Å². The van der Waals surface area contributed by atoms with Crippen molar-refractivity contribution in [3.63, 3.8) is 0 Å². The fraction of sp³-hybridized carbons (Fsp3) is 0.333. The minimum atomic E-state index is -3.93. The molecule has 1 aromatic carbocycles. The van der Waals surface area contributed by atoms with E-state index in [0.29, 0.717) is 11.4 Å². The molecule has 0 aliphatic carbocycles. The molecule has 0 aliphatic rings. The Kier molecular flexibility index (Phi) is 7.40. The molecule has 9 heteroatoms. The van der Waals surface area contributed by atoms with Crippen LogP contribution in [0, 0.1) is 0 Å². The zero-order valence-electron chi connectivity index (χ0n) is 13.0. The molecule has 0 bridgehead atoms. The molecule has 1 aromatic rings. The Morgan fingerprint density at radius 2 is 1.92 bits per heavy atom. The topological polar surface area (TPSA) is 113 Å². The van der Waals surface area contributed by atoms with E-state index in [-0.39, 0.29) is 11.3 Å². The number of carbonyl (C=O) groups excluding carboxylic acids is 1. The maximum atomic E-state index is 12.2. The highest BCUT2D eigenvalue weighted by molar-refractivity contribution is 7.89. The first-order chi connectivity index (χ1) is 11.2. The van der Waals surface area contributed by atoms with Crippen molar-refractivity contribution in [1.82, 2.24) is 10.0 Å². The summed E-state index contributed by atoms with van der Waals surface area (Å²) in [6.07, 6.45) is 2.11. The van der Waals surface area contributed by atoms with E-state index in [1.165, 1.54) is 37.3 Å². The number of hydrogen-bond donors (Lipinski definition) is 3. The van der Waals surface area contributed by atoms with Crippen molar-refractivity contribution in [2.45, 2.75) is 36.7 Å². The van der Waals surface area contributed by atoms with E-state index in [1.54, 1.807) is 0 Å². The Morgan fingerprint density at radius 3 is 2.42 bits per heavy atom. The molecular formula is C15H19ClN2O5S. The highest BCUT2D eigenvalue weighted by Crippen LogP contribution is 2.14. The van der Waals surface area contributed by atoms with E-state index in [1.807, 2.05) is 0 Å². The van der Waals surface area contributed by atoms with Crippen molar-refractivity contribution in [2.24, 2.45) is 0 Å². The van der Waals surface area contributed by atoms with Gasteiger partial charge < -0.3 is 10.4 Å². The normalized spacial score (nSPS) is 13.8. The molecule has 0 aliphatic heterocycles. The third-order valence-corrected chi connectivity index (χ3v) is 4.93. The third kappa shape index (κ3) is 5.95. The molecule has 0 spiro atoms. The molecule has 24 heavy (non-hydrogen) atoms. The van der Waals surface area contributed by atoms with Gasteiger partial charge in [-0.3, -0.25) is 4.79 Å². The van der Waals surface area contributed by atoms with Gasteiger partial charge in [0.2, 0.25) is 15.9 Å². The van der Waals surface area contributed by atoms with Gasteiger partial charge in [-0.1, -0.05) is 17.7 Å². The summed E-state index contributed by atoms with van der Waals surface area (Å²) in [7, 11) is -3.93. The second-order valence-electron chi connectivity index (χ2n) is 5.06. The number of hydrogen-bond acceptors (Lipinski definition) is 4. The molecule has 2 atom stereocenters. The van der Waals surface area contributed by atoms with Crippen molar-refractivity contribution in [2.75, 3.05) is 0 Å². The summed E-state index contributed by atoms with van der Waals surface area (Å²) < 4.78 is 26.6. The van der Waals surface area contributed by atoms with Crippen LogP contribution in [0.25, 0.3) is 0 Å². The van der Waals surface area contributed by atoms with Gasteiger partial charge >= 0.3 is 5.97 Å². The van der Waals surface area contributed by atoms with Gasteiger partial charge in [0.25, 0.3) is 0 Å². The molecule has 0 saturated heterocycles. The molecule has 132 valence electrons. The number of carbonyl (C=O) groups is 2. The Bertz CT molecular complexity index is 703. The van der Waals surface area contributed by atoms with Crippen LogP contribution in [0.4, 0.5) is 0 Å². The van der Waals surface area contributed by atoms with Crippen LogP contribution in [0.15, 0.2) is 41.8 Å². The Balaban J connectivity index is 2.76. The van der Waals surface area contributed by atoms with E-state index in [2.05, 4.69) is 16.6 Å². The monoisotopic (exact) mass is 374 g/mol. The summed E-state index contributed by atoms with van der Waals surface area (Å²) in [5.74, 6) is -1.93. The predicted molar refractivity (Wildman–Crippen MR) is 90.2 cm³/mol. The molecule has 3 N–H and O–H groups in total. The number of nitrogens with one attached hydrogen (secondary N) is 2. The van der Waals surface area contributed by atoms with Crippen LogP contribution in [-0.4, -0.2) is 37.5 Å². The molecule has 0 fully saturated rings. The summed E-state index contributed by atoms with van der Waals surface area (Å²) in [6.45, 7) is 4.82. The van der Waals surface area contributed by atoms with Gasteiger partial charge in [0.15, 0.2) is 0 Å². The number of carboxylic acids is 1. The maximum Gasteiger partial charge on any atom is 0.326 e. The lowest BCUT2D eigenvalue weighted by atomic mass is 10.1. The molecular weight excluding hydrogens is 356 g/mol. The quantitative estimate of drug-likeness (QED) is 0.567. The van der Waals surface area contributed by atoms with Gasteiger partial charge in [0.05, 0.1) is 10.9 Å². The SMILES string of the molecule is C=CCCC(NC(=O)C(C)NS(=O)(=O)c1ccc(Cl)cc1)C(=O)O. The lowest BCUT2D eigenvalue weighted by Crippen LogP contribution is -2.50. The second-order valence-corrected chi connectivity index (χ2v) is 7.21. The van der Waals surface area contributed by atoms with E-state index in [9.17, 15) is 18.0 Å². The molecule has 0 radical (unpaired) electrons. The predicted octanol–water partition coefficient (Wildman–Crippen LogP) is 1.54. The van der Waals surface area contributed by atoms with Crippen molar-refractivity contribution in [3.05, 3.63) is 41.9 Å². The molecule has 0 saturated carbocycles. The minimum absolute atomic E-state index is 0.0482. The smallest absolute Gasteiger partial charge is 0.326 e. The van der Waals surface area contributed by atoms with Gasteiger partial charge in [-0.15, -0.1) is 6.58 Å². The number of rotatable bonds is 9. The first-order valence-corrected chi connectivity index (χ1v) is 8.95. The summed E-state index contributed by atoms with van der Waals surface area (Å²) in [6, 6.07) is 3.18. The zero-order chi connectivity index (χ0) is 18.3. The van der Waals surface area contributed by atoms with Gasteiger partial charge in [0, 0.05) is 5.02 Å². The molecule has 2 unspecified atom stereocenters. The summed E-state index contributed by atoms with van der Waals surface area (Å²) >= 11 is 5.70. The number of aliphatic carboxylic acids is 1. The summed E-state index contributed by atoms with van der Waals surface area (Å²) in [4.78, 5) is 23.1. The van der Waals surface area contributed by atoms with E-state index in [4.69, 9.17) is 16.7 Å². The van der Waals surface area contributed by atoms with Crippen molar-refractivity contribution < 1.29 is 23.1 Å². The van der Waals surface area contributed by atoms with Crippen molar-refractivity contribution in [3.8, 4) is 0 Å². The van der Waals surface area contributed by atoms with Crippen LogP contribution in [0.5, 0.6) is 0 Å². The van der Waals surface area contributed by atoms with Crippen LogP contribution < -0.4 is 10.0 Å². The Labute approximate surface area is 145 Å². The van der Waals surface area contributed by atoms with Crippen LogP contribution in [0.1, 0.15) is 19.8 Å². The first kappa shape index (κ1) is 20.1. The summed E-state index contributed by atoms with van der Waals surface area (Å²) in [5, 5.41) is 11.7. The van der Waals surface area contributed by atoms with Crippen LogP contribution in [-0.2, 0) is 19.6 Å². The number of sulfonamides is 1. The fourth-order valence-corrected chi connectivity index (χ4v) is 3.14. The average molecular weight is 375 g/mol. The largest absolute Gasteiger partial charge is 0.480 e. The van der Waals surface area contributed by atoms with Crippen molar-refractivity contribution in [1.29, 1.82) is 0 Å². The molecule has 0 aromatic heterocycles. The number of amides is 1. The highest BCUT2D eigenvalue weighted by atomic mass is 35.5. The van der Waals surface area contributed by atoms with Gasteiger partial charge in [-0.25, -0.2) is 13.2 Å². The number of benzene rings is 1. The molecule has 0 heterocycles. The lowest BCUT2D eigenvalue weighted by molar-refractivity contribution is -0.142. The fourth-order valence-electron chi connectivity index (χ4n) is 1.81. The number of halogens is 1. The average Bonchev–Trinajstić information content (AvgIpc) is 2.50. The lowest BCUT2D eigenvalue weighted by Gasteiger charge is -2.18. The first-order valence-electron chi connectivity index (χ1n) is 7.09. The Morgan fingerprint density at radius 1 is 1.33 bits per heavy atom. The van der Waals surface area contributed by atoms with Crippen LogP contribution >= 0.6 is 11.6 Å². The number of allylic oxidation sites excluding steroid dienone is 1. The van der Waals surface area contributed by atoms with E-state index >= 15 is 0 Å². The van der Waals surface area contributed by atoms with E-state index < -0.39 is 34.0 Å². The maximum absolute atomic E-state index is 12.2. The van der Waals surface area contributed by atoms with Crippen LogP contribution in [0.2, 0.25) is 5.02 Å².